The molecule has 18 heavy (non-hydrogen) atoms. The molecule has 2 nitrogen and oxygen atoms in total. The third-order valence-corrected chi connectivity index (χ3v) is 4.30. The van der Waals surface area contributed by atoms with Crippen molar-refractivity contribution in [3.8, 4) is 6.07 Å². The summed E-state index contributed by atoms with van der Waals surface area (Å²) < 4.78 is 1.80. The molecule has 2 rings (SSSR count). The molecule has 0 saturated heterocycles. The molecular formula is C14H10Br2N2. The standard InChI is InChI=1S/C14H10Br2N2/c1-9-4-2-7-13(14(9)16)18-12-6-3-5-11(15)10(12)8-17/h2-7,18H,1H3. The van der Waals surface area contributed by atoms with Gasteiger partial charge in [-0.25, -0.2) is 0 Å². The third kappa shape index (κ3) is 2.58. The highest BCUT2D eigenvalue weighted by atomic mass is 79.9. The minimum Gasteiger partial charge on any atom is -0.353 e. The minimum atomic E-state index is 0.603. The summed E-state index contributed by atoms with van der Waals surface area (Å²) in [6.07, 6.45) is 0. The normalized spacial score (nSPS) is 9.89. The van der Waals surface area contributed by atoms with Crippen molar-refractivity contribution in [2.45, 2.75) is 6.92 Å². The number of nitriles is 1. The topological polar surface area (TPSA) is 35.8 Å². The van der Waals surface area contributed by atoms with E-state index in [4.69, 9.17) is 5.26 Å². The predicted molar refractivity (Wildman–Crippen MR) is 81.0 cm³/mol. The van der Waals surface area contributed by atoms with E-state index in [2.05, 4.69) is 43.2 Å². The summed E-state index contributed by atoms with van der Waals surface area (Å²) in [6, 6.07) is 13.8. The van der Waals surface area contributed by atoms with E-state index in [0.717, 1.165) is 25.9 Å². The lowest BCUT2D eigenvalue weighted by Gasteiger charge is -2.12. The van der Waals surface area contributed by atoms with Gasteiger partial charge in [0, 0.05) is 8.95 Å². The maximum absolute atomic E-state index is 9.17. The van der Waals surface area contributed by atoms with Gasteiger partial charge in [-0.2, -0.15) is 5.26 Å². The number of anilines is 2. The van der Waals surface area contributed by atoms with Gasteiger partial charge in [0.05, 0.1) is 16.9 Å². The van der Waals surface area contributed by atoms with E-state index < -0.39 is 0 Å². The SMILES string of the molecule is Cc1cccc(Nc2cccc(Br)c2C#N)c1Br. The lowest BCUT2D eigenvalue weighted by Crippen LogP contribution is -1.96. The second-order valence-electron chi connectivity index (χ2n) is 3.84. The van der Waals surface area contributed by atoms with Gasteiger partial charge in [0.25, 0.3) is 0 Å². The van der Waals surface area contributed by atoms with Gasteiger partial charge in [0.2, 0.25) is 0 Å². The van der Waals surface area contributed by atoms with E-state index >= 15 is 0 Å². The van der Waals surface area contributed by atoms with Gasteiger partial charge in [0.15, 0.2) is 0 Å². The second-order valence-corrected chi connectivity index (χ2v) is 5.48. The lowest BCUT2D eigenvalue weighted by molar-refractivity contribution is 1.39. The van der Waals surface area contributed by atoms with E-state index in [9.17, 15) is 0 Å². The Morgan fingerprint density at radius 3 is 2.44 bits per heavy atom. The van der Waals surface area contributed by atoms with Gasteiger partial charge in [-0.3, -0.25) is 0 Å². The van der Waals surface area contributed by atoms with Gasteiger partial charge < -0.3 is 5.32 Å². The van der Waals surface area contributed by atoms with Crippen molar-refractivity contribution in [2.24, 2.45) is 0 Å². The zero-order chi connectivity index (χ0) is 13.1. The van der Waals surface area contributed by atoms with Crippen LogP contribution in [0, 0.1) is 18.3 Å². The highest BCUT2D eigenvalue weighted by molar-refractivity contribution is 9.11. The van der Waals surface area contributed by atoms with Crippen LogP contribution in [-0.2, 0) is 0 Å². The highest BCUT2D eigenvalue weighted by Crippen LogP contribution is 2.31. The van der Waals surface area contributed by atoms with Crippen LogP contribution >= 0.6 is 31.9 Å². The summed E-state index contributed by atoms with van der Waals surface area (Å²) >= 11 is 6.92. The fourth-order valence-electron chi connectivity index (χ4n) is 1.63. The van der Waals surface area contributed by atoms with Crippen LogP contribution in [0.2, 0.25) is 0 Å². The van der Waals surface area contributed by atoms with E-state index in [1.807, 2.05) is 43.3 Å². The summed E-state index contributed by atoms with van der Waals surface area (Å²) in [5.41, 5.74) is 3.49. The average molecular weight is 366 g/mol. The molecule has 0 heterocycles. The van der Waals surface area contributed by atoms with Crippen molar-refractivity contribution in [3.63, 3.8) is 0 Å². The van der Waals surface area contributed by atoms with E-state index in [1.54, 1.807) is 0 Å². The maximum Gasteiger partial charge on any atom is 0.103 e. The Balaban J connectivity index is 2.44. The zero-order valence-corrected chi connectivity index (χ0v) is 12.8. The highest BCUT2D eigenvalue weighted by Gasteiger charge is 2.08. The summed E-state index contributed by atoms with van der Waals surface area (Å²) in [6.45, 7) is 2.03. The van der Waals surface area contributed by atoms with Crippen molar-refractivity contribution < 1.29 is 0 Å². The predicted octanol–water partition coefficient (Wildman–Crippen LogP) is 5.14. The summed E-state index contributed by atoms with van der Waals surface area (Å²) in [5.74, 6) is 0. The van der Waals surface area contributed by atoms with Crippen LogP contribution in [0.1, 0.15) is 11.1 Å². The Morgan fingerprint density at radius 1 is 1.06 bits per heavy atom. The minimum absolute atomic E-state index is 0.603. The van der Waals surface area contributed by atoms with Crippen LogP contribution in [0.4, 0.5) is 11.4 Å². The Hall–Kier alpha value is -1.31. The molecule has 4 heteroatoms. The first-order chi connectivity index (χ1) is 8.63. The smallest absolute Gasteiger partial charge is 0.103 e. The van der Waals surface area contributed by atoms with E-state index in [-0.39, 0.29) is 0 Å². The van der Waals surface area contributed by atoms with Gasteiger partial charge in [0.1, 0.15) is 6.07 Å². The van der Waals surface area contributed by atoms with Gasteiger partial charge >= 0.3 is 0 Å². The molecule has 0 bridgehead atoms. The fourth-order valence-corrected chi connectivity index (χ4v) is 2.45. The number of hydrogen-bond acceptors (Lipinski definition) is 2. The van der Waals surface area contributed by atoms with Crippen molar-refractivity contribution in [1.29, 1.82) is 5.26 Å². The molecular weight excluding hydrogens is 356 g/mol. The Bertz CT molecular complexity index is 630. The quantitative estimate of drug-likeness (QED) is 0.800. The van der Waals surface area contributed by atoms with Crippen molar-refractivity contribution in [3.05, 3.63) is 56.5 Å². The number of halogens is 2. The molecule has 2 aromatic rings. The van der Waals surface area contributed by atoms with Crippen LogP contribution in [0.3, 0.4) is 0 Å². The maximum atomic E-state index is 9.17. The Morgan fingerprint density at radius 2 is 1.72 bits per heavy atom. The first-order valence-corrected chi connectivity index (χ1v) is 6.93. The number of rotatable bonds is 2. The molecule has 0 aliphatic rings. The number of benzene rings is 2. The molecule has 90 valence electrons. The lowest BCUT2D eigenvalue weighted by atomic mass is 10.1. The number of aryl methyl sites for hydroxylation is 1. The fraction of sp³-hybridized carbons (Fsp3) is 0.0714. The molecule has 0 atom stereocenters. The largest absolute Gasteiger partial charge is 0.353 e. The van der Waals surface area contributed by atoms with Crippen LogP contribution in [-0.4, -0.2) is 0 Å². The average Bonchev–Trinajstić information content (AvgIpc) is 2.35. The van der Waals surface area contributed by atoms with Crippen molar-refractivity contribution >= 4 is 43.2 Å². The van der Waals surface area contributed by atoms with Crippen LogP contribution in [0.5, 0.6) is 0 Å². The molecule has 0 saturated carbocycles. The molecule has 0 aliphatic carbocycles. The summed E-state index contributed by atoms with van der Waals surface area (Å²) in [5, 5.41) is 12.4. The zero-order valence-electron chi connectivity index (χ0n) is 9.67. The van der Waals surface area contributed by atoms with Crippen LogP contribution < -0.4 is 5.32 Å². The first kappa shape index (κ1) is 13.1. The molecule has 1 N–H and O–H groups in total. The first-order valence-electron chi connectivity index (χ1n) is 5.34. The van der Waals surface area contributed by atoms with Crippen LogP contribution in [0.15, 0.2) is 45.3 Å². The molecule has 0 aliphatic heterocycles. The number of hydrogen-bond donors (Lipinski definition) is 1. The summed E-state index contributed by atoms with van der Waals surface area (Å²) in [4.78, 5) is 0. The molecule has 2 aromatic carbocycles. The van der Waals surface area contributed by atoms with Gasteiger partial charge in [-0.15, -0.1) is 0 Å². The molecule has 0 amide bonds. The Labute approximate surface area is 123 Å². The van der Waals surface area contributed by atoms with E-state index in [1.165, 1.54) is 0 Å². The summed E-state index contributed by atoms with van der Waals surface area (Å²) in [7, 11) is 0. The molecule has 0 radical (unpaired) electrons. The number of nitrogens with one attached hydrogen (secondary N) is 1. The van der Waals surface area contributed by atoms with E-state index in [0.29, 0.717) is 5.56 Å². The third-order valence-electron chi connectivity index (χ3n) is 2.59. The van der Waals surface area contributed by atoms with Gasteiger partial charge in [-0.05, 0) is 62.5 Å². The molecule has 0 unspecified atom stereocenters. The van der Waals surface area contributed by atoms with Crippen LogP contribution in [0.25, 0.3) is 0 Å². The Kier molecular flexibility index (Phi) is 4.05. The van der Waals surface area contributed by atoms with Gasteiger partial charge in [-0.1, -0.05) is 18.2 Å². The second kappa shape index (κ2) is 5.55. The molecule has 0 spiro atoms. The monoisotopic (exact) mass is 364 g/mol. The molecule has 0 fully saturated rings. The van der Waals surface area contributed by atoms with Crippen molar-refractivity contribution in [2.75, 3.05) is 5.32 Å². The van der Waals surface area contributed by atoms with Crippen molar-refractivity contribution in [1.82, 2.24) is 0 Å². The number of nitrogens with zero attached hydrogens (tertiary/aromatic N) is 1. The molecule has 0 aromatic heterocycles.